The molecule has 1 atom stereocenters. The maximum Gasteiger partial charge on any atom is 0.338 e. The second-order valence-electron chi connectivity index (χ2n) is 8.33. The number of rotatable bonds is 8. The Balaban J connectivity index is 1.72. The van der Waals surface area contributed by atoms with E-state index in [0.717, 1.165) is 20.8 Å². The number of thiazole rings is 1. The highest BCUT2D eigenvalue weighted by Gasteiger charge is 2.40. The molecule has 1 aromatic carbocycles. The van der Waals surface area contributed by atoms with Crippen molar-refractivity contribution in [2.24, 2.45) is 5.73 Å². The topological polar surface area (TPSA) is 150 Å². The Labute approximate surface area is 240 Å². The molecule has 3 aromatic heterocycles. The van der Waals surface area contributed by atoms with E-state index in [4.69, 9.17) is 10.5 Å². The number of carbonyl (C=O) groups excluding carboxylic acids is 2. The van der Waals surface area contributed by atoms with Crippen LogP contribution >= 0.6 is 34.0 Å². The average Bonchev–Trinajstić information content (AvgIpc) is 3.71. The number of benzene rings is 1. The molecule has 206 valence electrons. The summed E-state index contributed by atoms with van der Waals surface area (Å²) in [6.45, 7) is 1.66. The average molecular weight is 615 g/mol. The monoisotopic (exact) mass is 614 g/mol. The number of ether oxygens (including phenoxy) is 1. The highest BCUT2D eigenvalue weighted by atomic mass is 32.2. The summed E-state index contributed by atoms with van der Waals surface area (Å²) in [6, 6.07) is 14.7. The fourth-order valence-corrected chi connectivity index (χ4v) is 7.76. The van der Waals surface area contributed by atoms with E-state index in [1.165, 1.54) is 34.8 Å². The molecule has 1 aliphatic heterocycles. The van der Waals surface area contributed by atoms with Gasteiger partial charge in [-0.15, -0.1) is 38.8 Å². The highest BCUT2D eigenvalue weighted by Crippen LogP contribution is 2.39. The molecular weight excluding hydrogens is 593 g/mol. The molecule has 5 rings (SSSR count). The third-order valence-electron chi connectivity index (χ3n) is 5.88. The summed E-state index contributed by atoms with van der Waals surface area (Å²) in [4.78, 5) is 44.1. The van der Waals surface area contributed by atoms with Crippen LogP contribution in [0.1, 0.15) is 22.6 Å². The smallest absolute Gasteiger partial charge is 0.338 e. The van der Waals surface area contributed by atoms with Crippen LogP contribution in [0.15, 0.2) is 80.6 Å². The van der Waals surface area contributed by atoms with E-state index in [2.05, 4.69) is 10.3 Å². The number of esters is 1. The molecule has 40 heavy (non-hydrogen) atoms. The first-order chi connectivity index (χ1) is 19.2. The van der Waals surface area contributed by atoms with Crippen LogP contribution < -0.4 is 30.7 Å². The number of amides is 1. The molecule has 0 saturated heterocycles. The molecule has 0 radical (unpaired) electrons. The second kappa shape index (κ2) is 11.3. The number of carbonyl (C=O) groups is 2. The van der Waals surface area contributed by atoms with Gasteiger partial charge < -0.3 is 10.5 Å². The fourth-order valence-electron chi connectivity index (χ4n) is 4.16. The van der Waals surface area contributed by atoms with Crippen LogP contribution in [0.3, 0.4) is 0 Å². The summed E-state index contributed by atoms with van der Waals surface area (Å²) in [5.74, 6) is -2.82. The van der Waals surface area contributed by atoms with Crippen LogP contribution in [0.2, 0.25) is 0 Å². The van der Waals surface area contributed by atoms with E-state index in [-0.39, 0.29) is 37.7 Å². The van der Waals surface area contributed by atoms with Crippen molar-refractivity contribution in [3.63, 3.8) is 0 Å². The van der Waals surface area contributed by atoms with Gasteiger partial charge in [0.15, 0.2) is 0 Å². The van der Waals surface area contributed by atoms with Crippen molar-refractivity contribution in [3.8, 4) is 0 Å². The van der Waals surface area contributed by atoms with Gasteiger partial charge >= 0.3 is 5.97 Å². The predicted octanol–water partition coefficient (Wildman–Crippen LogP) is 1.51. The van der Waals surface area contributed by atoms with Crippen LogP contribution in [0.4, 0.5) is 0 Å². The van der Waals surface area contributed by atoms with E-state index < -0.39 is 33.4 Å². The molecule has 0 fully saturated rings. The van der Waals surface area contributed by atoms with Crippen LogP contribution in [0.5, 0.6) is 0 Å². The summed E-state index contributed by atoms with van der Waals surface area (Å²) in [5, 5.41) is 3.63. The number of aromatic nitrogens is 1. The van der Waals surface area contributed by atoms with Gasteiger partial charge in [0, 0.05) is 9.75 Å². The Bertz CT molecular complexity index is 1890. The van der Waals surface area contributed by atoms with Gasteiger partial charge in [0.1, 0.15) is 10.5 Å². The second-order valence-corrected chi connectivity index (χ2v) is 13.0. The summed E-state index contributed by atoms with van der Waals surface area (Å²) < 4.78 is 32.5. The normalized spacial score (nSPS) is 15.7. The molecule has 1 amide bonds. The van der Waals surface area contributed by atoms with Crippen LogP contribution in [-0.4, -0.2) is 31.5 Å². The first-order valence-electron chi connectivity index (χ1n) is 11.8. The Morgan fingerprint density at radius 3 is 2.42 bits per heavy atom. The summed E-state index contributed by atoms with van der Waals surface area (Å²) in [6.07, 6.45) is 1.67. The molecule has 1 unspecified atom stereocenters. The van der Waals surface area contributed by atoms with Crippen molar-refractivity contribution in [1.29, 1.82) is 0 Å². The zero-order chi connectivity index (χ0) is 28.4. The number of hydrazine groups is 1. The van der Waals surface area contributed by atoms with E-state index in [0.29, 0.717) is 4.88 Å². The number of nitrogens with one attached hydrogen (secondary N) is 2. The van der Waals surface area contributed by atoms with Crippen molar-refractivity contribution in [1.82, 2.24) is 14.8 Å². The van der Waals surface area contributed by atoms with Gasteiger partial charge in [-0.25, -0.2) is 13.2 Å². The number of hydrogen-bond donors (Lipinski definition) is 3. The number of nitrogens with two attached hydrogens (primary N) is 1. The molecule has 4 aromatic rings. The molecule has 10 nitrogen and oxygen atoms in total. The lowest BCUT2D eigenvalue weighted by Crippen LogP contribution is -2.47. The third-order valence-corrected chi connectivity index (χ3v) is 10.0. The maximum absolute atomic E-state index is 13.8. The molecular formula is C26H22N4O6S4. The van der Waals surface area contributed by atoms with Crippen molar-refractivity contribution in [3.05, 3.63) is 100 Å². The predicted molar refractivity (Wildman–Crippen MR) is 155 cm³/mol. The van der Waals surface area contributed by atoms with Gasteiger partial charge in [0.05, 0.1) is 33.1 Å². The minimum absolute atomic E-state index is 0.0246. The Hall–Kier alpha value is -3.82. The largest absolute Gasteiger partial charge is 0.463 e. The van der Waals surface area contributed by atoms with Gasteiger partial charge in [-0.05, 0) is 48.0 Å². The molecule has 1 aliphatic rings. The Morgan fingerprint density at radius 1 is 1.05 bits per heavy atom. The van der Waals surface area contributed by atoms with Crippen LogP contribution in [0.25, 0.3) is 17.5 Å². The zero-order valence-corrected chi connectivity index (χ0v) is 24.1. The lowest BCUT2D eigenvalue weighted by Gasteiger charge is -2.26. The Morgan fingerprint density at radius 2 is 1.77 bits per heavy atom. The van der Waals surface area contributed by atoms with Gasteiger partial charge in [-0.2, -0.15) is 0 Å². The number of nitrogens with zero attached hydrogens (tertiary/aromatic N) is 1. The molecule has 0 bridgehead atoms. The first-order valence-corrected chi connectivity index (χ1v) is 15.9. The summed E-state index contributed by atoms with van der Waals surface area (Å²) >= 11 is 3.72. The van der Waals surface area contributed by atoms with Crippen LogP contribution in [-0.2, 0) is 24.3 Å². The van der Waals surface area contributed by atoms with E-state index >= 15 is 0 Å². The minimum Gasteiger partial charge on any atom is -0.463 e. The first kappa shape index (κ1) is 27.7. The molecule has 0 saturated carbocycles. The molecule has 4 N–H and O–H groups in total. The van der Waals surface area contributed by atoms with Crippen molar-refractivity contribution in [2.75, 3.05) is 6.61 Å². The van der Waals surface area contributed by atoms with Crippen molar-refractivity contribution >= 4 is 73.4 Å². The zero-order valence-electron chi connectivity index (χ0n) is 20.8. The summed E-state index contributed by atoms with van der Waals surface area (Å²) in [7, 11) is -4.12. The number of thiophene rings is 2. The van der Waals surface area contributed by atoms with Crippen LogP contribution in [0, 0.1) is 0 Å². The van der Waals surface area contributed by atoms with Gasteiger partial charge in [-0.1, -0.05) is 30.3 Å². The minimum atomic E-state index is -4.12. The molecule has 0 aliphatic carbocycles. The van der Waals surface area contributed by atoms with E-state index in [9.17, 15) is 22.8 Å². The lowest BCUT2D eigenvalue weighted by molar-refractivity contribution is -0.138. The quantitative estimate of drug-likeness (QED) is 0.201. The SMILES string of the molecule is CCOC(=O)C1=C(N)n2c(s/c(=C\c3cccs3)c2=O)=C(C(=O)NNS(=O)(=O)c2ccccc2)C1c1cccs1. The number of fused-ring (bicyclic) bond motifs is 1. The van der Waals surface area contributed by atoms with Gasteiger partial charge in [0.25, 0.3) is 21.5 Å². The fraction of sp³-hybridized carbons (Fsp3) is 0.115. The van der Waals surface area contributed by atoms with Crippen molar-refractivity contribution < 1.29 is 22.7 Å². The molecule has 14 heteroatoms. The third kappa shape index (κ3) is 5.19. The number of sulfonamides is 1. The highest BCUT2D eigenvalue weighted by molar-refractivity contribution is 7.89. The van der Waals surface area contributed by atoms with E-state index in [1.54, 1.807) is 48.7 Å². The number of hydrogen-bond acceptors (Lipinski definition) is 10. The van der Waals surface area contributed by atoms with Crippen molar-refractivity contribution in [2.45, 2.75) is 17.7 Å². The maximum atomic E-state index is 13.8. The molecule has 0 spiro atoms. The van der Waals surface area contributed by atoms with Gasteiger partial charge in [0.2, 0.25) is 0 Å². The lowest BCUT2D eigenvalue weighted by atomic mass is 9.87. The summed E-state index contributed by atoms with van der Waals surface area (Å²) in [5.41, 5.74) is 8.10. The van der Waals surface area contributed by atoms with E-state index in [1.807, 2.05) is 17.5 Å². The van der Waals surface area contributed by atoms with Gasteiger partial charge in [-0.3, -0.25) is 19.6 Å². The standard InChI is InChI=1S/C26H22N4O6S4/c1-2-36-26(33)20-19(17-11-7-13-38-17)21(23(31)28-29-40(34,35)16-9-4-3-5-10-16)25-30(22(20)27)24(32)18(39-25)14-15-8-6-12-37-15/h3-14,19,29H,2,27H2,1H3,(H,28,31)/b18-14-. The molecule has 4 heterocycles. The Kier molecular flexibility index (Phi) is 7.87.